The summed E-state index contributed by atoms with van der Waals surface area (Å²) in [4.78, 5) is 51.0. The third-order valence-corrected chi connectivity index (χ3v) is 5.68. The molecule has 0 bridgehead atoms. The fraction of sp³-hybridized carbons (Fsp3) is 0.429. The third-order valence-electron chi connectivity index (χ3n) is 5.37. The summed E-state index contributed by atoms with van der Waals surface area (Å²) in [6.07, 6.45) is 2.34. The van der Waals surface area contributed by atoms with Crippen LogP contribution in [0.2, 0.25) is 5.02 Å². The number of carbonyl (C=O) groups excluding carboxylic acids is 2. The molecule has 0 aliphatic rings. The number of rotatable bonds is 7. The van der Waals surface area contributed by atoms with Gasteiger partial charge in [0.2, 0.25) is 5.91 Å². The van der Waals surface area contributed by atoms with Gasteiger partial charge in [-0.3, -0.25) is 18.7 Å². The Morgan fingerprint density at radius 3 is 2.26 bits per heavy atom. The van der Waals surface area contributed by atoms with E-state index >= 15 is 0 Å². The van der Waals surface area contributed by atoms with Crippen molar-refractivity contribution in [3.63, 3.8) is 0 Å². The Morgan fingerprint density at radius 1 is 1.11 bits per heavy atom. The lowest BCUT2D eigenvalue weighted by Gasteiger charge is -2.10. The van der Waals surface area contributed by atoms with Crippen molar-refractivity contribution >= 4 is 40.0 Å². The van der Waals surface area contributed by atoms with Crippen LogP contribution in [0.15, 0.2) is 40.1 Å². The second-order valence-corrected chi connectivity index (χ2v) is 8.94. The lowest BCUT2D eigenvalue weighted by Crippen LogP contribution is -2.39. The minimum atomic E-state index is -0.288. The van der Waals surface area contributed by atoms with E-state index in [2.05, 4.69) is 10.3 Å². The molecule has 38 heavy (non-hydrogen) atoms. The SMILES string of the molecule is CC.CC(=O)CC(C)CC(=O)Nc1ccc(C#N)c(Cl)c1.CCn1c(=O)c2cc(C)cnc2n(CC)c1=O. The molecule has 9 nitrogen and oxygen atoms in total. The first-order chi connectivity index (χ1) is 18.0. The van der Waals surface area contributed by atoms with Crippen LogP contribution in [-0.2, 0) is 22.7 Å². The van der Waals surface area contributed by atoms with Gasteiger partial charge >= 0.3 is 5.69 Å². The number of anilines is 1. The van der Waals surface area contributed by atoms with Crippen LogP contribution in [0.4, 0.5) is 5.69 Å². The van der Waals surface area contributed by atoms with Crippen molar-refractivity contribution in [1.82, 2.24) is 14.1 Å². The van der Waals surface area contributed by atoms with E-state index in [9.17, 15) is 19.2 Å². The first-order valence-electron chi connectivity index (χ1n) is 12.6. The van der Waals surface area contributed by atoms with Gasteiger partial charge in [-0.05, 0) is 63.4 Å². The van der Waals surface area contributed by atoms with Crippen LogP contribution in [0.1, 0.15) is 65.5 Å². The highest BCUT2D eigenvalue weighted by Gasteiger charge is 2.13. The van der Waals surface area contributed by atoms with E-state index in [1.807, 2.05) is 40.7 Å². The zero-order valence-corrected chi connectivity index (χ0v) is 23.8. The molecule has 10 heteroatoms. The minimum absolute atomic E-state index is 0.00588. The molecule has 3 aromatic rings. The molecule has 3 rings (SSSR count). The Balaban J connectivity index is 0.000000358. The normalized spacial score (nSPS) is 10.8. The smallest absolute Gasteiger partial charge is 0.326 e. The number of nitrogens with one attached hydrogen (secondary N) is 1. The molecular weight excluding hydrogens is 506 g/mol. The molecule has 0 aliphatic carbocycles. The van der Waals surface area contributed by atoms with E-state index in [4.69, 9.17) is 16.9 Å². The first-order valence-corrected chi connectivity index (χ1v) is 13.0. The highest BCUT2D eigenvalue weighted by Crippen LogP contribution is 2.21. The van der Waals surface area contributed by atoms with Crippen LogP contribution < -0.4 is 16.6 Å². The maximum Gasteiger partial charge on any atom is 0.332 e. The molecular formula is C28H36ClN5O4. The van der Waals surface area contributed by atoms with Crippen molar-refractivity contribution in [2.75, 3.05) is 5.32 Å². The average Bonchev–Trinajstić information content (AvgIpc) is 2.86. The quantitative estimate of drug-likeness (QED) is 0.444. The molecule has 0 fully saturated rings. The van der Waals surface area contributed by atoms with Crippen LogP contribution in [-0.4, -0.2) is 25.8 Å². The summed E-state index contributed by atoms with van der Waals surface area (Å²) in [6, 6.07) is 8.44. The number of aryl methyl sites for hydroxylation is 2. The molecule has 2 aromatic heterocycles. The van der Waals surface area contributed by atoms with Crippen LogP contribution in [0.5, 0.6) is 0 Å². The fourth-order valence-electron chi connectivity index (χ4n) is 3.74. The van der Waals surface area contributed by atoms with Gasteiger partial charge in [0.15, 0.2) is 0 Å². The summed E-state index contributed by atoms with van der Waals surface area (Å²) >= 11 is 5.87. The van der Waals surface area contributed by atoms with Gasteiger partial charge in [-0.15, -0.1) is 0 Å². The highest BCUT2D eigenvalue weighted by atomic mass is 35.5. The van der Waals surface area contributed by atoms with Gasteiger partial charge in [0, 0.05) is 37.8 Å². The van der Waals surface area contributed by atoms with E-state index in [1.165, 1.54) is 22.1 Å². The zero-order valence-electron chi connectivity index (χ0n) is 23.1. The predicted octanol–water partition coefficient (Wildman–Crippen LogP) is 5.09. The number of carbonyl (C=O) groups is 2. The molecule has 1 amide bonds. The van der Waals surface area contributed by atoms with Crippen molar-refractivity contribution in [3.8, 4) is 6.07 Å². The minimum Gasteiger partial charge on any atom is -0.326 e. The fourth-order valence-corrected chi connectivity index (χ4v) is 3.96. The van der Waals surface area contributed by atoms with Gasteiger partial charge in [-0.2, -0.15) is 5.26 Å². The van der Waals surface area contributed by atoms with E-state index in [-0.39, 0.29) is 35.3 Å². The highest BCUT2D eigenvalue weighted by molar-refractivity contribution is 6.32. The monoisotopic (exact) mass is 541 g/mol. The average molecular weight is 542 g/mol. The third kappa shape index (κ3) is 8.67. The number of Topliss-reactive ketones (excluding diaryl/α,β-unsaturated/α-hetero) is 1. The van der Waals surface area contributed by atoms with Gasteiger partial charge in [0.1, 0.15) is 17.5 Å². The Bertz CT molecular complexity index is 1440. The van der Waals surface area contributed by atoms with Crippen molar-refractivity contribution < 1.29 is 9.59 Å². The molecule has 1 unspecified atom stereocenters. The Morgan fingerprint density at radius 2 is 1.74 bits per heavy atom. The molecule has 0 spiro atoms. The summed E-state index contributed by atoms with van der Waals surface area (Å²) < 4.78 is 2.77. The number of amides is 1. The molecule has 1 N–H and O–H groups in total. The predicted molar refractivity (Wildman–Crippen MR) is 152 cm³/mol. The van der Waals surface area contributed by atoms with Crippen LogP contribution >= 0.6 is 11.6 Å². The molecule has 0 saturated carbocycles. The molecule has 1 atom stereocenters. The molecule has 0 saturated heterocycles. The van der Waals surface area contributed by atoms with Crippen molar-refractivity contribution in [2.24, 2.45) is 5.92 Å². The molecule has 1 aromatic carbocycles. The van der Waals surface area contributed by atoms with E-state index in [0.717, 1.165) is 5.56 Å². The number of nitrogens with zero attached hydrogens (tertiary/aromatic N) is 4. The number of aromatic nitrogens is 3. The lowest BCUT2D eigenvalue weighted by atomic mass is 10.0. The van der Waals surface area contributed by atoms with E-state index in [0.29, 0.717) is 46.8 Å². The number of halogens is 1. The number of hydrogen-bond acceptors (Lipinski definition) is 6. The van der Waals surface area contributed by atoms with Crippen LogP contribution in [0.3, 0.4) is 0 Å². The van der Waals surface area contributed by atoms with E-state index in [1.54, 1.807) is 31.3 Å². The second kappa shape index (κ2) is 15.5. The maximum atomic E-state index is 12.1. The number of fused-ring (bicyclic) bond motifs is 1. The first kappa shape index (κ1) is 32.3. The van der Waals surface area contributed by atoms with E-state index < -0.39 is 0 Å². The number of ketones is 1. The summed E-state index contributed by atoms with van der Waals surface area (Å²) in [5, 5.41) is 12.2. The Hall–Kier alpha value is -3.77. The van der Waals surface area contributed by atoms with Crippen molar-refractivity contribution in [3.05, 3.63) is 67.4 Å². The number of pyridine rings is 1. The molecule has 204 valence electrons. The number of benzene rings is 1. The largest absolute Gasteiger partial charge is 0.332 e. The van der Waals surface area contributed by atoms with Gasteiger partial charge in [0.05, 0.1) is 16.0 Å². The maximum absolute atomic E-state index is 12.1. The number of nitriles is 1. The summed E-state index contributed by atoms with van der Waals surface area (Å²) in [5.41, 5.74) is 1.75. The standard InChI is InChI=1S/C14H15ClN2O2.C12H15N3O2.C2H6/c1-9(5-10(2)18)6-14(19)17-12-4-3-11(8-16)13(15)7-12;1-4-14-10-9(6-8(3)7-13-10)11(16)15(5-2)12(14)17;1-2/h3-4,7,9H,5-6H2,1-2H3,(H,17,19);6-7H,4-5H2,1-3H3;1-2H3. The van der Waals surface area contributed by atoms with Crippen molar-refractivity contribution in [2.45, 2.75) is 74.4 Å². The van der Waals surface area contributed by atoms with Gasteiger partial charge in [-0.1, -0.05) is 32.4 Å². The topological polar surface area (TPSA) is 127 Å². The van der Waals surface area contributed by atoms with Crippen molar-refractivity contribution in [1.29, 1.82) is 5.26 Å². The Kier molecular flexibility index (Phi) is 13.1. The molecule has 0 radical (unpaired) electrons. The van der Waals surface area contributed by atoms with Gasteiger partial charge in [-0.25, -0.2) is 9.78 Å². The van der Waals surface area contributed by atoms with Crippen LogP contribution in [0.25, 0.3) is 11.0 Å². The molecule has 0 aliphatic heterocycles. The summed E-state index contributed by atoms with van der Waals surface area (Å²) in [5.74, 6) is -0.0948. The molecule has 2 heterocycles. The van der Waals surface area contributed by atoms with Crippen LogP contribution in [0, 0.1) is 24.2 Å². The summed E-state index contributed by atoms with van der Waals surface area (Å²) in [7, 11) is 0. The summed E-state index contributed by atoms with van der Waals surface area (Å²) in [6.45, 7) is 13.8. The van der Waals surface area contributed by atoms with Gasteiger partial charge < -0.3 is 10.1 Å². The second-order valence-electron chi connectivity index (χ2n) is 8.53. The van der Waals surface area contributed by atoms with Gasteiger partial charge in [0.25, 0.3) is 5.56 Å². The lowest BCUT2D eigenvalue weighted by molar-refractivity contribution is -0.119. The number of hydrogen-bond donors (Lipinski definition) is 1. The zero-order chi connectivity index (χ0) is 29.0. The Labute approximate surface area is 228 Å².